The molecule has 2 aromatic carbocycles. The van der Waals surface area contributed by atoms with Crippen molar-refractivity contribution in [3.8, 4) is 5.75 Å². The third-order valence-corrected chi connectivity index (χ3v) is 3.79. The highest BCUT2D eigenvalue weighted by Crippen LogP contribution is 2.31. The number of carbonyl (C=O) groups is 2. The highest BCUT2D eigenvalue weighted by Gasteiger charge is 2.27. The third kappa shape index (κ3) is 3.00. The van der Waals surface area contributed by atoms with Gasteiger partial charge in [-0.3, -0.25) is 14.5 Å². The number of ether oxygens (including phenoxy) is 1. The number of carbonyl (C=O) groups excluding carboxylic acids is 2. The van der Waals surface area contributed by atoms with Crippen molar-refractivity contribution in [3.05, 3.63) is 53.1 Å². The average Bonchev–Trinajstić information content (AvgIpc) is 2.55. The fourth-order valence-corrected chi connectivity index (χ4v) is 2.71. The fraction of sp³-hybridized carbons (Fsp3) is 0.176. The lowest BCUT2D eigenvalue weighted by Crippen LogP contribution is -2.42. The molecule has 1 heterocycles. The second kappa shape index (κ2) is 6.30. The van der Waals surface area contributed by atoms with Crippen LogP contribution in [0.2, 0.25) is 5.02 Å². The van der Waals surface area contributed by atoms with Crippen LogP contribution in [-0.2, 0) is 4.79 Å². The van der Waals surface area contributed by atoms with Gasteiger partial charge in [0.1, 0.15) is 12.3 Å². The van der Waals surface area contributed by atoms with Gasteiger partial charge in [-0.2, -0.15) is 0 Å². The Kier molecular flexibility index (Phi) is 4.21. The summed E-state index contributed by atoms with van der Waals surface area (Å²) in [5.74, 6) is 0.0221. The summed E-state index contributed by atoms with van der Waals surface area (Å²) in [5.41, 5.74) is 1.69. The topological polar surface area (TPSA) is 58.6 Å². The van der Waals surface area contributed by atoms with E-state index in [1.54, 1.807) is 36.4 Å². The van der Waals surface area contributed by atoms with Crippen molar-refractivity contribution in [1.29, 1.82) is 0 Å². The van der Waals surface area contributed by atoms with E-state index < -0.39 is 0 Å². The average molecular weight is 331 g/mol. The van der Waals surface area contributed by atoms with Crippen LogP contribution >= 0.6 is 11.6 Å². The second-order valence-electron chi connectivity index (χ2n) is 5.03. The number of rotatable bonds is 3. The highest BCUT2D eigenvalue weighted by atomic mass is 35.5. The zero-order valence-corrected chi connectivity index (χ0v) is 13.3. The monoisotopic (exact) mass is 330 g/mol. The zero-order chi connectivity index (χ0) is 16.4. The molecule has 1 aliphatic heterocycles. The first-order valence-corrected chi connectivity index (χ1v) is 7.61. The molecule has 0 spiro atoms. The minimum atomic E-state index is -0.280. The SMILES string of the molecule is CCOc1ccc(C(=O)N2CC(=O)Nc3ccccc32)cc1Cl. The summed E-state index contributed by atoms with van der Waals surface area (Å²) in [5, 5.41) is 3.12. The molecule has 0 saturated heterocycles. The molecule has 0 unspecified atom stereocenters. The number of anilines is 2. The molecule has 6 heteroatoms. The van der Waals surface area contributed by atoms with Crippen molar-refractivity contribution in [2.75, 3.05) is 23.4 Å². The molecule has 2 aromatic rings. The normalized spacial score (nSPS) is 13.3. The molecule has 2 amide bonds. The molecule has 5 nitrogen and oxygen atoms in total. The van der Waals surface area contributed by atoms with E-state index in [9.17, 15) is 9.59 Å². The molecule has 3 rings (SSSR count). The number of amides is 2. The highest BCUT2D eigenvalue weighted by molar-refractivity contribution is 6.32. The summed E-state index contributed by atoms with van der Waals surface area (Å²) in [6.45, 7) is 2.33. The second-order valence-corrected chi connectivity index (χ2v) is 5.44. The summed E-state index contributed by atoms with van der Waals surface area (Å²) >= 11 is 6.15. The Balaban J connectivity index is 1.94. The van der Waals surface area contributed by atoms with Crippen LogP contribution in [0.25, 0.3) is 0 Å². The van der Waals surface area contributed by atoms with E-state index in [1.165, 1.54) is 4.90 Å². The maximum atomic E-state index is 12.8. The minimum absolute atomic E-state index is 0.0271. The molecule has 1 aliphatic rings. The lowest BCUT2D eigenvalue weighted by molar-refractivity contribution is -0.115. The van der Waals surface area contributed by atoms with Gasteiger partial charge in [0.05, 0.1) is 23.0 Å². The van der Waals surface area contributed by atoms with E-state index in [2.05, 4.69) is 5.32 Å². The first kappa shape index (κ1) is 15.4. The van der Waals surface area contributed by atoms with Gasteiger partial charge in [0.2, 0.25) is 5.91 Å². The van der Waals surface area contributed by atoms with Crippen LogP contribution in [0.5, 0.6) is 5.75 Å². The molecule has 23 heavy (non-hydrogen) atoms. The molecule has 0 fully saturated rings. The molecule has 0 atom stereocenters. The summed E-state index contributed by atoms with van der Waals surface area (Å²) in [4.78, 5) is 26.0. The quantitative estimate of drug-likeness (QED) is 0.939. The Hall–Kier alpha value is -2.53. The van der Waals surface area contributed by atoms with Crippen molar-refractivity contribution in [1.82, 2.24) is 0 Å². The number of nitrogens with one attached hydrogen (secondary N) is 1. The van der Waals surface area contributed by atoms with Crippen molar-refractivity contribution >= 4 is 34.8 Å². The number of halogens is 1. The Bertz CT molecular complexity index is 776. The van der Waals surface area contributed by atoms with Crippen LogP contribution in [-0.4, -0.2) is 25.0 Å². The first-order valence-electron chi connectivity index (χ1n) is 7.23. The molecule has 0 aliphatic carbocycles. The van der Waals surface area contributed by atoms with Crippen molar-refractivity contribution in [2.45, 2.75) is 6.92 Å². The molecule has 0 aromatic heterocycles. The van der Waals surface area contributed by atoms with Crippen LogP contribution in [0.15, 0.2) is 42.5 Å². The van der Waals surface area contributed by atoms with Gasteiger partial charge in [0, 0.05) is 5.56 Å². The Morgan fingerprint density at radius 3 is 2.83 bits per heavy atom. The van der Waals surface area contributed by atoms with Crippen LogP contribution in [0.4, 0.5) is 11.4 Å². The van der Waals surface area contributed by atoms with Gasteiger partial charge >= 0.3 is 0 Å². The molecule has 0 bridgehead atoms. The van der Waals surface area contributed by atoms with E-state index in [1.807, 2.05) is 13.0 Å². The van der Waals surface area contributed by atoms with Gasteiger partial charge in [-0.1, -0.05) is 23.7 Å². The van der Waals surface area contributed by atoms with E-state index in [-0.39, 0.29) is 18.4 Å². The van der Waals surface area contributed by atoms with Crippen molar-refractivity contribution in [2.24, 2.45) is 0 Å². The zero-order valence-electron chi connectivity index (χ0n) is 12.5. The number of nitrogens with zero attached hydrogens (tertiary/aromatic N) is 1. The maximum Gasteiger partial charge on any atom is 0.258 e. The number of hydrogen-bond donors (Lipinski definition) is 1. The molecule has 0 radical (unpaired) electrons. The first-order chi connectivity index (χ1) is 11.1. The van der Waals surface area contributed by atoms with Gasteiger partial charge in [-0.15, -0.1) is 0 Å². The van der Waals surface area contributed by atoms with Gasteiger partial charge < -0.3 is 10.1 Å². The largest absolute Gasteiger partial charge is 0.492 e. The number of hydrogen-bond acceptors (Lipinski definition) is 3. The molecule has 118 valence electrons. The maximum absolute atomic E-state index is 12.8. The molecular weight excluding hydrogens is 316 g/mol. The summed E-state index contributed by atoms with van der Waals surface area (Å²) in [6.07, 6.45) is 0. The smallest absolute Gasteiger partial charge is 0.258 e. The van der Waals surface area contributed by atoms with Gasteiger partial charge in [0.25, 0.3) is 5.91 Å². The van der Waals surface area contributed by atoms with Crippen molar-refractivity contribution in [3.63, 3.8) is 0 Å². The van der Waals surface area contributed by atoms with Gasteiger partial charge in [-0.25, -0.2) is 0 Å². The summed E-state index contributed by atoms with van der Waals surface area (Å²) < 4.78 is 5.37. The number of fused-ring (bicyclic) bond motifs is 1. The Labute approximate surface area is 138 Å². The predicted octanol–water partition coefficient (Wildman–Crippen LogP) is 3.34. The van der Waals surface area contributed by atoms with Crippen LogP contribution in [0.3, 0.4) is 0 Å². The Morgan fingerprint density at radius 1 is 1.30 bits per heavy atom. The molecular formula is C17H15ClN2O3. The summed E-state index contributed by atoms with van der Waals surface area (Å²) in [6, 6.07) is 12.1. The van der Waals surface area contributed by atoms with E-state index in [0.29, 0.717) is 34.3 Å². The third-order valence-electron chi connectivity index (χ3n) is 3.49. The summed E-state index contributed by atoms with van der Waals surface area (Å²) in [7, 11) is 0. The lowest BCUT2D eigenvalue weighted by atomic mass is 10.1. The van der Waals surface area contributed by atoms with Crippen LogP contribution in [0, 0.1) is 0 Å². The minimum Gasteiger partial charge on any atom is -0.492 e. The van der Waals surface area contributed by atoms with E-state index in [0.717, 1.165) is 0 Å². The van der Waals surface area contributed by atoms with E-state index >= 15 is 0 Å². The van der Waals surface area contributed by atoms with Gasteiger partial charge in [0.15, 0.2) is 0 Å². The lowest BCUT2D eigenvalue weighted by Gasteiger charge is -2.29. The van der Waals surface area contributed by atoms with E-state index in [4.69, 9.17) is 16.3 Å². The van der Waals surface area contributed by atoms with Gasteiger partial charge in [-0.05, 0) is 37.3 Å². The molecule has 0 saturated carbocycles. The Morgan fingerprint density at radius 2 is 2.09 bits per heavy atom. The number of benzene rings is 2. The van der Waals surface area contributed by atoms with Crippen molar-refractivity contribution < 1.29 is 14.3 Å². The fourth-order valence-electron chi connectivity index (χ4n) is 2.48. The number of para-hydroxylation sites is 2. The van der Waals surface area contributed by atoms with Crippen LogP contribution in [0.1, 0.15) is 17.3 Å². The standard InChI is InChI=1S/C17H15ClN2O3/c1-2-23-15-8-7-11(9-12(15)18)17(22)20-10-16(21)19-13-5-3-4-6-14(13)20/h3-9H,2,10H2,1H3,(H,19,21). The predicted molar refractivity (Wildman–Crippen MR) is 89.4 cm³/mol. The van der Waals surface area contributed by atoms with Crippen LogP contribution < -0.4 is 15.0 Å². The molecule has 1 N–H and O–H groups in total.